The number of aryl methyl sites for hydroxylation is 1. The van der Waals surface area contributed by atoms with Gasteiger partial charge in [-0.1, -0.05) is 19.8 Å². The van der Waals surface area contributed by atoms with Gasteiger partial charge in [0, 0.05) is 23.9 Å². The molecule has 1 aliphatic rings. The molecule has 1 aromatic rings. The molecular weight excluding hydrogens is 240 g/mol. The van der Waals surface area contributed by atoms with Crippen molar-refractivity contribution in [1.82, 2.24) is 0 Å². The van der Waals surface area contributed by atoms with Crippen molar-refractivity contribution in [3.63, 3.8) is 0 Å². The molecule has 1 fully saturated rings. The zero-order chi connectivity index (χ0) is 13.8. The van der Waals surface area contributed by atoms with Gasteiger partial charge in [0.1, 0.15) is 0 Å². The zero-order valence-electron chi connectivity index (χ0n) is 11.7. The quantitative estimate of drug-likeness (QED) is 0.502. The summed E-state index contributed by atoms with van der Waals surface area (Å²) in [5.41, 5.74) is 1.98. The van der Waals surface area contributed by atoms with E-state index in [9.17, 15) is 10.1 Å². The molecular formula is C15H22N2O2. The Bertz CT molecular complexity index is 459. The van der Waals surface area contributed by atoms with E-state index in [0.717, 1.165) is 30.0 Å². The Balaban J connectivity index is 2.07. The summed E-state index contributed by atoms with van der Waals surface area (Å²) in [5, 5.41) is 14.3. The lowest BCUT2D eigenvalue weighted by Gasteiger charge is -2.18. The second-order valence-electron chi connectivity index (χ2n) is 5.77. The summed E-state index contributed by atoms with van der Waals surface area (Å²) in [6.07, 6.45) is 6.10. The highest BCUT2D eigenvalue weighted by Gasteiger charge is 2.17. The van der Waals surface area contributed by atoms with Gasteiger partial charge in [0.15, 0.2) is 0 Å². The van der Waals surface area contributed by atoms with Crippen LogP contribution in [0, 0.1) is 23.0 Å². The third kappa shape index (κ3) is 3.94. The summed E-state index contributed by atoms with van der Waals surface area (Å²) >= 11 is 0. The first kappa shape index (κ1) is 13.8. The van der Waals surface area contributed by atoms with Gasteiger partial charge in [-0.2, -0.15) is 0 Å². The second-order valence-corrected chi connectivity index (χ2v) is 5.77. The highest BCUT2D eigenvalue weighted by atomic mass is 16.6. The van der Waals surface area contributed by atoms with E-state index >= 15 is 0 Å². The standard InChI is InChI=1S/C15H22N2O2/c1-11-4-3-5-13(7-6-11)16-14-8-12(2)9-15(10-14)17(18)19/h8-11,13,16H,3-7H2,1-2H3. The molecule has 1 aromatic carbocycles. The summed E-state index contributed by atoms with van der Waals surface area (Å²) in [7, 11) is 0. The molecule has 0 spiro atoms. The van der Waals surface area contributed by atoms with E-state index in [1.807, 2.05) is 13.0 Å². The molecule has 2 atom stereocenters. The first-order chi connectivity index (χ1) is 9.04. The highest BCUT2D eigenvalue weighted by Crippen LogP contribution is 2.27. The second kappa shape index (κ2) is 6.04. The number of nitro groups is 1. The molecule has 0 heterocycles. The Kier molecular flexibility index (Phi) is 4.40. The Morgan fingerprint density at radius 2 is 2.00 bits per heavy atom. The molecule has 104 valence electrons. The van der Waals surface area contributed by atoms with Crippen molar-refractivity contribution in [2.75, 3.05) is 5.32 Å². The van der Waals surface area contributed by atoms with Crippen molar-refractivity contribution in [2.45, 2.75) is 52.0 Å². The minimum atomic E-state index is -0.326. The van der Waals surface area contributed by atoms with Gasteiger partial charge >= 0.3 is 0 Å². The number of anilines is 1. The van der Waals surface area contributed by atoms with Gasteiger partial charge in [0.05, 0.1) is 4.92 Å². The average molecular weight is 262 g/mol. The van der Waals surface area contributed by atoms with Crippen LogP contribution in [0.2, 0.25) is 0 Å². The number of hydrogen-bond acceptors (Lipinski definition) is 3. The molecule has 2 unspecified atom stereocenters. The van der Waals surface area contributed by atoms with Crippen LogP contribution >= 0.6 is 0 Å². The summed E-state index contributed by atoms with van der Waals surface area (Å²) in [6.45, 7) is 4.20. The minimum absolute atomic E-state index is 0.171. The predicted octanol–water partition coefficient (Wildman–Crippen LogP) is 4.28. The summed E-state index contributed by atoms with van der Waals surface area (Å²) in [6, 6.07) is 5.69. The molecule has 1 N–H and O–H groups in total. The Morgan fingerprint density at radius 3 is 2.74 bits per heavy atom. The molecule has 0 radical (unpaired) electrons. The Morgan fingerprint density at radius 1 is 1.21 bits per heavy atom. The van der Waals surface area contributed by atoms with Crippen molar-refractivity contribution in [3.8, 4) is 0 Å². The summed E-state index contributed by atoms with van der Waals surface area (Å²) in [5.74, 6) is 0.804. The normalized spacial score (nSPS) is 23.7. The van der Waals surface area contributed by atoms with E-state index in [0.29, 0.717) is 6.04 Å². The van der Waals surface area contributed by atoms with Crippen LogP contribution in [0.4, 0.5) is 11.4 Å². The SMILES string of the molecule is Cc1cc(NC2CCCC(C)CC2)cc([N+](=O)[O-])c1. The van der Waals surface area contributed by atoms with Gasteiger partial charge in [-0.05, 0) is 43.7 Å². The van der Waals surface area contributed by atoms with Crippen molar-refractivity contribution in [2.24, 2.45) is 5.92 Å². The van der Waals surface area contributed by atoms with Gasteiger partial charge < -0.3 is 5.32 Å². The lowest BCUT2D eigenvalue weighted by molar-refractivity contribution is -0.384. The van der Waals surface area contributed by atoms with E-state index < -0.39 is 0 Å². The fourth-order valence-electron chi connectivity index (χ4n) is 2.82. The molecule has 4 heteroatoms. The van der Waals surface area contributed by atoms with Gasteiger partial charge in [0.2, 0.25) is 0 Å². The number of nitro benzene ring substituents is 1. The Hall–Kier alpha value is -1.58. The van der Waals surface area contributed by atoms with Crippen LogP contribution in [0.15, 0.2) is 18.2 Å². The molecule has 1 aliphatic carbocycles. The first-order valence-corrected chi connectivity index (χ1v) is 7.07. The minimum Gasteiger partial charge on any atom is -0.382 e. The van der Waals surface area contributed by atoms with Gasteiger partial charge in [-0.3, -0.25) is 10.1 Å². The Labute approximate surface area is 114 Å². The van der Waals surface area contributed by atoms with Crippen molar-refractivity contribution < 1.29 is 4.92 Å². The van der Waals surface area contributed by atoms with E-state index in [-0.39, 0.29) is 10.6 Å². The molecule has 1 saturated carbocycles. The maximum Gasteiger partial charge on any atom is 0.271 e. The van der Waals surface area contributed by atoms with Crippen LogP contribution in [-0.4, -0.2) is 11.0 Å². The van der Waals surface area contributed by atoms with Crippen LogP contribution < -0.4 is 5.32 Å². The smallest absolute Gasteiger partial charge is 0.271 e. The summed E-state index contributed by atoms with van der Waals surface area (Å²) < 4.78 is 0. The van der Waals surface area contributed by atoms with E-state index in [1.54, 1.807) is 12.1 Å². The van der Waals surface area contributed by atoms with E-state index in [4.69, 9.17) is 0 Å². The van der Waals surface area contributed by atoms with Crippen LogP contribution in [0.3, 0.4) is 0 Å². The summed E-state index contributed by atoms with van der Waals surface area (Å²) in [4.78, 5) is 10.5. The molecule has 0 amide bonds. The molecule has 0 aromatic heterocycles. The van der Waals surface area contributed by atoms with Crippen LogP contribution in [-0.2, 0) is 0 Å². The largest absolute Gasteiger partial charge is 0.382 e. The molecule has 4 nitrogen and oxygen atoms in total. The number of nitrogens with one attached hydrogen (secondary N) is 1. The first-order valence-electron chi connectivity index (χ1n) is 7.07. The van der Waals surface area contributed by atoms with Gasteiger partial charge in [0.25, 0.3) is 5.69 Å². The van der Waals surface area contributed by atoms with Gasteiger partial charge in [-0.15, -0.1) is 0 Å². The molecule has 0 saturated heterocycles. The fraction of sp³-hybridized carbons (Fsp3) is 0.600. The number of non-ortho nitro benzene ring substituents is 1. The maximum absolute atomic E-state index is 10.9. The number of benzene rings is 1. The van der Waals surface area contributed by atoms with Crippen molar-refractivity contribution in [3.05, 3.63) is 33.9 Å². The van der Waals surface area contributed by atoms with Crippen LogP contribution in [0.1, 0.15) is 44.6 Å². The fourth-order valence-corrected chi connectivity index (χ4v) is 2.82. The number of hydrogen-bond donors (Lipinski definition) is 1. The molecule has 0 bridgehead atoms. The topological polar surface area (TPSA) is 55.2 Å². The third-order valence-corrected chi connectivity index (χ3v) is 3.90. The van der Waals surface area contributed by atoms with Crippen LogP contribution in [0.25, 0.3) is 0 Å². The zero-order valence-corrected chi connectivity index (χ0v) is 11.7. The van der Waals surface area contributed by atoms with Crippen LogP contribution in [0.5, 0.6) is 0 Å². The van der Waals surface area contributed by atoms with Crippen molar-refractivity contribution in [1.29, 1.82) is 0 Å². The molecule has 0 aliphatic heterocycles. The maximum atomic E-state index is 10.9. The average Bonchev–Trinajstić information content (AvgIpc) is 2.54. The lowest BCUT2D eigenvalue weighted by atomic mass is 10.0. The third-order valence-electron chi connectivity index (χ3n) is 3.90. The van der Waals surface area contributed by atoms with E-state index in [2.05, 4.69) is 12.2 Å². The number of nitrogens with zero attached hydrogens (tertiary/aromatic N) is 1. The van der Waals surface area contributed by atoms with E-state index in [1.165, 1.54) is 19.3 Å². The van der Waals surface area contributed by atoms with Crippen molar-refractivity contribution >= 4 is 11.4 Å². The monoisotopic (exact) mass is 262 g/mol. The highest BCUT2D eigenvalue weighted by molar-refractivity contribution is 5.54. The number of rotatable bonds is 3. The molecule has 2 rings (SSSR count). The lowest BCUT2D eigenvalue weighted by Crippen LogP contribution is -2.18. The van der Waals surface area contributed by atoms with Gasteiger partial charge in [-0.25, -0.2) is 0 Å². The molecule has 19 heavy (non-hydrogen) atoms. The predicted molar refractivity (Wildman–Crippen MR) is 77.5 cm³/mol.